The summed E-state index contributed by atoms with van der Waals surface area (Å²) in [5, 5.41) is 2.44. The smallest absolute Gasteiger partial charge is 0.261 e. The SMILES string of the molecule is O=C(CSCCCCN1C(=O)c2ccccc2C1=O)Nc1cc(F)cc(F)c1. The van der Waals surface area contributed by atoms with Crippen LogP contribution in [0.1, 0.15) is 33.6 Å². The zero-order valence-corrected chi connectivity index (χ0v) is 15.7. The molecule has 1 aliphatic rings. The largest absolute Gasteiger partial charge is 0.325 e. The van der Waals surface area contributed by atoms with E-state index in [2.05, 4.69) is 5.32 Å². The average Bonchev–Trinajstić information content (AvgIpc) is 2.88. The van der Waals surface area contributed by atoms with Crippen LogP contribution in [0.25, 0.3) is 0 Å². The lowest BCUT2D eigenvalue weighted by Gasteiger charge is -2.13. The van der Waals surface area contributed by atoms with Crippen LogP contribution in [0.5, 0.6) is 0 Å². The van der Waals surface area contributed by atoms with Crippen LogP contribution in [0.15, 0.2) is 42.5 Å². The second-order valence-corrected chi connectivity index (χ2v) is 7.38. The van der Waals surface area contributed by atoms with E-state index in [-0.39, 0.29) is 29.2 Å². The van der Waals surface area contributed by atoms with E-state index in [0.29, 0.717) is 29.8 Å². The monoisotopic (exact) mass is 404 g/mol. The molecular weight excluding hydrogens is 386 g/mol. The van der Waals surface area contributed by atoms with Gasteiger partial charge in [0.1, 0.15) is 11.6 Å². The second kappa shape index (κ2) is 8.97. The maximum atomic E-state index is 13.1. The number of carbonyl (C=O) groups is 3. The Balaban J connectivity index is 1.35. The highest BCUT2D eigenvalue weighted by Gasteiger charge is 2.34. The molecule has 0 fully saturated rings. The zero-order valence-electron chi connectivity index (χ0n) is 14.9. The number of hydrogen-bond donors (Lipinski definition) is 1. The summed E-state index contributed by atoms with van der Waals surface area (Å²) >= 11 is 1.37. The molecule has 5 nitrogen and oxygen atoms in total. The van der Waals surface area contributed by atoms with Gasteiger partial charge in [0, 0.05) is 18.3 Å². The lowest BCUT2D eigenvalue weighted by molar-refractivity contribution is -0.113. The Bertz CT molecular complexity index is 865. The van der Waals surface area contributed by atoms with E-state index in [0.717, 1.165) is 24.6 Å². The van der Waals surface area contributed by atoms with Gasteiger partial charge in [0.25, 0.3) is 11.8 Å². The van der Waals surface area contributed by atoms with Crippen molar-refractivity contribution in [3.05, 3.63) is 65.2 Å². The number of unbranched alkanes of at least 4 members (excludes halogenated alkanes) is 1. The molecule has 2 aromatic rings. The van der Waals surface area contributed by atoms with Crippen LogP contribution >= 0.6 is 11.8 Å². The van der Waals surface area contributed by atoms with E-state index < -0.39 is 11.6 Å². The fourth-order valence-corrected chi connectivity index (χ4v) is 3.71. The summed E-state index contributed by atoms with van der Waals surface area (Å²) in [7, 11) is 0. The maximum absolute atomic E-state index is 13.1. The highest BCUT2D eigenvalue weighted by molar-refractivity contribution is 7.99. The molecule has 0 aromatic heterocycles. The predicted octanol–water partition coefficient (Wildman–Crippen LogP) is 3.71. The van der Waals surface area contributed by atoms with Gasteiger partial charge in [0.2, 0.25) is 5.91 Å². The molecule has 0 bridgehead atoms. The Kier molecular flexibility index (Phi) is 6.41. The third kappa shape index (κ3) is 4.75. The number of benzene rings is 2. The van der Waals surface area contributed by atoms with Crippen molar-refractivity contribution in [2.75, 3.05) is 23.4 Å². The van der Waals surface area contributed by atoms with Gasteiger partial charge in [-0.25, -0.2) is 8.78 Å². The van der Waals surface area contributed by atoms with Crippen LogP contribution in [0.4, 0.5) is 14.5 Å². The molecule has 0 radical (unpaired) electrons. The number of carbonyl (C=O) groups excluding carboxylic acids is 3. The summed E-state index contributed by atoms with van der Waals surface area (Å²) in [5.41, 5.74) is 0.952. The minimum Gasteiger partial charge on any atom is -0.325 e. The predicted molar refractivity (Wildman–Crippen MR) is 103 cm³/mol. The summed E-state index contributed by atoms with van der Waals surface area (Å²) in [6.07, 6.45) is 1.36. The first-order valence-corrected chi connectivity index (χ1v) is 9.90. The molecule has 1 N–H and O–H groups in total. The summed E-state index contributed by atoms with van der Waals surface area (Å²) in [6.45, 7) is 0.335. The summed E-state index contributed by atoms with van der Waals surface area (Å²) < 4.78 is 26.2. The molecule has 0 aliphatic carbocycles. The molecule has 28 heavy (non-hydrogen) atoms. The Morgan fingerprint density at radius 1 is 0.964 bits per heavy atom. The molecular formula is C20H18F2N2O3S. The normalized spacial score (nSPS) is 13.0. The number of amides is 3. The van der Waals surface area contributed by atoms with Crippen LogP contribution in [-0.4, -0.2) is 40.7 Å². The molecule has 146 valence electrons. The van der Waals surface area contributed by atoms with Gasteiger partial charge in [-0.3, -0.25) is 19.3 Å². The number of nitrogens with zero attached hydrogens (tertiary/aromatic N) is 1. The third-order valence-corrected chi connectivity index (χ3v) is 5.22. The molecule has 0 saturated heterocycles. The first kappa shape index (κ1) is 20.0. The van der Waals surface area contributed by atoms with E-state index in [9.17, 15) is 23.2 Å². The van der Waals surface area contributed by atoms with Gasteiger partial charge in [-0.1, -0.05) is 12.1 Å². The topological polar surface area (TPSA) is 66.5 Å². The number of nitrogens with one attached hydrogen (secondary N) is 1. The summed E-state index contributed by atoms with van der Waals surface area (Å²) in [5.74, 6) is -1.59. The van der Waals surface area contributed by atoms with Gasteiger partial charge in [0.15, 0.2) is 0 Å². The van der Waals surface area contributed by atoms with Crippen molar-refractivity contribution in [2.24, 2.45) is 0 Å². The van der Waals surface area contributed by atoms with Crippen molar-refractivity contribution >= 4 is 35.2 Å². The maximum Gasteiger partial charge on any atom is 0.261 e. The number of anilines is 1. The summed E-state index contributed by atoms with van der Waals surface area (Å²) in [4.78, 5) is 37.5. The quantitative estimate of drug-likeness (QED) is 0.538. The van der Waals surface area contributed by atoms with Crippen molar-refractivity contribution in [1.82, 2.24) is 4.90 Å². The zero-order chi connectivity index (χ0) is 20.1. The van der Waals surface area contributed by atoms with Crippen LogP contribution in [-0.2, 0) is 4.79 Å². The van der Waals surface area contributed by atoms with Crippen molar-refractivity contribution in [3.63, 3.8) is 0 Å². The molecule has 8 heteroatoms. The highest BCUT2D eigenvalue weighted by atomic mass is 32.2. The van der Waals surface area contributed by atoms with E-state index in [1.54, 1.807) is 24.3 Å². The number of imide groups is 1. The lowest BCUT2D eigenvalue weighted by Crippen LogP contribution is -2.30. The Labute approximate surface area is 165 Å². The molecule has 0 spiro atoms. The minimum atomic E-state index is -0.754. The first-order chi connectivity index (χ1) is 13.5. The Morgan fingerprint density at radius 3 is 2.18 bits per heavy atom. The number of rotatable bonds is 8. The van der Waals surface area contributed by atoms with Crippen LogP contribution in [0.2, 0.25) is 0 Å². The number of hydrogen-bond acceptors (Lipinski definition) is 4. The highest BCUT2D eigenvalue weighted by Crippen LogP contribution is 2.23. The van der Waals surface area contributed by atoms with E-state index in [4.69, 9.17) is 0 Å². The van der Waals surface area contributed by atoms with Crippen molar-refractivity contribution < 1.29 is 23.2 Å². The van der Waals surface area contributed by atoms with E-state index in [1.807, 2.05) is 0 Å². The Morgan fingerprint density at radius 2 is 1.57 bits per heavy atom. The van der Waals surface area contributed by atoms with E-state index in [1.165, 1.54) is 16.7 Å². The first-order valence-electron chi connectivity index (χ1n) is 8.74. The molecule has 2 aromatic carbocycles. The van der Waals surface area contributed by atoms with Crippen molar-refractivity contribution in [3.8, 4) is 0 Å². The van der Waals surface area contributed by atoms with Gasteiger partial charge in [-0.05, 0) is 42.9 Å². The number of thioether (sulfide) groups is 1. The fraction of sp³-hybridized carbons (Fsp3) is 0.250. The summed E-state index contributed by atoms with van der Waals surface area (Å²) in [6, 6.07) is 9.59. The van der Waals surface area contributed by atoms with Gasteiger partial charge in [0.05, 0.1) is 16.9 Å². The molecule has 0 saturated carbocycles. The van der Waals surface area contributed by atoms with E-state index >= 15 is 0 Å². The molecule has 3 amide bonds. The minimum absolute atomic E-state index is 0.0775. The third-order valence-electron chi connectivity index (χ3n) is 4.18. The number of fused-ring (bicyclic) bond motifs is 1. The second-order valence-electron chi connectivity index (χ2n) is 6.27. The molecule has 1 aliphatic heterocycles. The van der Waals surface area contributed by atoms with Gasteiger partial charge >= 0.3 is 0 Å². The van der Waals surface area contributed by atoms with Crippen LogP contribution in [0.3, 0.4) is 0 Å². The van der Waals surface area contributed by atoms with Gasteiger partial charge in [-0.2, -0.15) is 11.8 Å². The molecule has 0 unspecified atom stereocenters. The van der Waals surface area contributed by atoms with Crippen molar-refractivity contribution in [1.29, 1.82) is 0 Å². The fourth-order valence-electron chi connectivity index (χ4n) is 2.90. The lowest BCUT2D eigenvalue weighted by atomic mass is 10.1. The molecule has 3 rings (SSSR count). The Hall–Kier alpha value is -2.74. The van der Waals surface area contributed by atoms with Crippen LogP contribution in [0, 0.1) is 11.6 Å². The van der Waals surface area contributed by atoms with Crippen LogP contribution < -0.4 is 5.32 Å². The average molecular weight is 404 g/mol. The standard InChI is InChI=1S/C20H18F2N2O3S/c21-13-9-14(22)11-15(10-13)23-18(25)12-28-8-4-3-7-24-19(26)16-5-1-2-6-17(16)20(24)27/h1-2,5-6,9-11H,3-4,7-8,12H2,(H,23,25). The van der Waals surface area contributed by atoms with Gasteiger partial charge < -0.3 is 5.32 Å². The van der Waals surface area contributed by atoms with Crippen molar-refractivity contribution in [2.45, 2.75) is 12.8 Å². The molecule has 1 heterocycles. The molecule has 0 atom stereocenters. The number of halogens is 2. The van der Waals surface area contributed by atoms with Gasteiger partial charge in [-0.15, -0.1) is 0 Å².